The third-order valence-corrected chi connectivity index (χ3v) is 9.26. The van der Waals surface area contributed by atoms with Gasteiger partial charge in [-0.25, -0.2) is 14.4 Å². The van der Waals surface area contributed by atoms with Gasteiger partial charge in [0.1, 0.15) is 11.6 Å². The second-order valence-corrected chi connectivity index (χ2v) is 12.0. The Hall–Kier alpha value is -4.34. The first kappa shape index (κ1) is 30.7. The van der Waals surface area contributed by atoms with E-state index in [1.54, 1.807) is 30.5 Å². The molecule has 0 spiro atoms. The second kappa shape index (κ2) is 12.6. The zero-order chi connectivity index (χ0) is 30.4. The molecule has 1 unspecified atom stereocenters. The van der Waals surface area contributed by atoms with Crippen molar-refractivity contribution >= 4 is 34.9 Å². The molecule has 1 amide bonds. The molecule has 2 bridgehead atoms. The second-order valence-electron chi connectivity index (χ2n) is 11.6. The van der Waals surface area contributed by atoms with E-state index in [2.05, 4.69) is 15.2 Å². The number of carbonyl (C=O) groups excluding carboxylic acids is 1. The highest BCUT2D eigenvalue weighted by atomic mass is 35.5. The number of halogens is 2. The van der Waals surface area contributed by atoms with Gasteiger partial charge < -0.3 is 19.9 Å². The molecular formula is C35H36ClFN6O2. The molecule has 3 fully saturated rings. The SMILES string of the molecule is C.COc1cccc(F)c1C1=NCc2cnc(Nc3ccc(C(=O)N(C)C4CN5CCC4CC5)cc3)nc2-c2ccc(Cl)cc21. The van der Waals surface area contributed by atoms with Crippen molar-refractivity contribution in [2.45, 2.75) is 32.9 Å². The quantitative estimate of drug-likeness (QED) is 0.252. The number of ether oxygens (including phenoxy) is 1. The molecule has 8 nitrogen and oxygen atoms in total. The molecule has 4 aliphatic rings. The van der Waals surface area contributed by atoms with Crippen LogP contribution in [-0.4, -0.2) is 71.2 Å². The Labute approximate surface area is 267 Å². The molecular weight excluding hydrogens is 591 g/mol. The van der Waals surface area contributed by atoms with E-state index in [4.69, 9.17) is 26.3 Å². The summed E-state index contributed by atoms with van der Waals surface area (Å²) in [4.78, 5) is 31.9. The van der Waals surface area contributed by atoms with Gasteiger partial charge in [-0.15, -0.1) is 0 Å². The number of fused-ring (bicyclic) bond motifs is 6. The number of piperidine rings is 3. The fourth-order valence-corrected chi connectivity index (χ4v) is 6.83. The fourth-order valence-electron chi connectivity index (χ4n) is 6.65. The Kier molecular flexibility index (Phi) is 8.57. The number of anilines is 2. The topological polar surface area (TPSA) is 83.0 Å². The van der Waals surface area contributed by atoms with E-state index in [-0.39, 0.29) is 31.5 Å². The number of nitrogens with one attached hydrogen (secondary N) is 1. The summed E-state index contributed by atoms with van der Waals surface area (Å²) >= 11 is 6.42. The van der Waals surface area contributed by atoms with Crippen molar-refractivity contribution in [2.24, 2.45) is 10.9 Å². The van der Waals surface area contributed by atoms with Crippen LogP contribution in [0.15, 0.2) is 71.9 Å². The van der Waals surface area contributed by atoms with Crippen LogP contribution in [-0.2, 0) is 6.54 Å². The van der Waals surface area contributed by atoms with Crippen LogP contribution in [0.3, 0.4) is 0 Å². The molecule has 4 aromatic rings. The van der Waals surface area contributed by atoms with E-state index in [0.717, 1.165) is 49.3 Å². The van der Waals surface area contributed by atoms with Crippen LogP contribution in [0.2, 0.25) is 5.02 Å². The first-order chi connectivity index (χ1) is 21.4. The Morgan fingerprint density at radius 2 is 1.87 bits per heavy atom. The zero-order valence-electron chi connectivity index (χ0n) is 24.6. The molecule has 1 aromatic heterocycles. The van der Waals surface area contributed by atoms with Gasteiger partial charge in [-0.2, -0.15) is 0 Å². The lowest BCUT2D eigenvalue weighted by Gasteiger charge is -2.48. The van der Waals surface area contributed by atoms with E-state index in [1.807, 2.05) is 42.3 Å². The zero-order valence-corrected chi connectivity index (χ0v) is 25.3. The van der Waals surface area contributed by atoms with Gasteiger partial charge in [-0.3, -0.25) is 9.79 Å². The van der Waals surface area contributed by atoms with Crippen LogP contribution in [0.25, 0.3) is 11.3 Å². The van der Waals surface area contributed by atoms with E-state index in [1.165, 1.54) is 13.2 Å². The normalized spacial score (nSPS) is 19.7. The van der Waals surface area contributed by atoms with E-state index in [0.29, 0.717) is 45.2 Å². The van der Waals surface area contributed by atoms with Crippen molar-refractivity contribution in [3.63, 3.8) is 0 Å². The molecule has 232 valence electrons. The largest absolute Gasteiger partial charge is 0.496 e. The number of rotatable bonds is 6. The van der Waals surface area contributed by atoms with Crippen LogP contribution in [0, 0.1) is 11.7 Å². The average molecular weight is 627 g/mol. The van der Waals surface area contributed by atoms with Crippen molar-refractivity contribution in [3.8, 4) is 17.0 Å². The van der Waals surface area contributed by atoms with Crippen molar-refractivity contribution in [1.29, 1.82) is 0 Å². The summed E-state index contributed by atoms with van der Waals surface area (Å²) in [6, 6.07) is 17.8. The Morgan fingerprint density at radius 1 is 1.09 bits per heavy atom. The van der Waals surface area contributed by atoms with Crippen LogP contribution < -0.4 is 10.1 Å². The standard InChI is InChI=1S/C34H32ClFN6O2.CH4/c1-41(28-19-42-14-12-20(28)13-15-42)33(43)21-6-9-24(10-7-21)39-34-38-18-22-17-37-32(30-27(36)4-3-5-29(30)44-2)26-16-23(35)8-11-25(26)31(22)40-34;/h3-11,16,18,20,28H,12-15,17,19H2,1-2H3,(H,38,39,40);1H4. The molecule has 3 saturated heterocycles. The van der Waals surface area contributed by atoms with Gasteiger partial charge in [0.25, 0.3) is 5.91 Å². The lowest BCUT2D eigenvalue weighted by Crippen LogP contribution is -2.57. The molecule has 1 N–H and O–H groups in total. The van der Waals surface area contributed by atoms with E-state index >= 15 is 4.39 Å². The summed E-state index contributed by atoms with van der Waals surface area (Å²) in [5, 5.41) is 3.77. The first-order valence-electron chi connectivity index (χ1n) is 14.8. The minimum absolute atomic E-state index is 0. The molecule has 3 aromatic carbocycles. The predicted octanol–water partition coefficient (Wildman–Crippen LogP) is 6.84. The van der Waals surface area contributed by atoms with Crippen LogP contribution in [0.4, 0.5) is 16.0 Å². The molecule has 0 radical (unpaired) electrons. The first-order valence-corrected chi connectivity index (χ1v) is 15.2. The van der Waals surface area contributed by atoms with Crippen molar-refractivity contribution in [3.05, 3.63) is 100.0 Å². The maximum atomic E-state index is 15.2. The number of hydrogen-bond acceptors (Lipinski definition) is 7. The van der Waals surface area contributed by atoms with Gasteiger partial charge in [0.2, 0.25) is 5.95 Å². The third-order valence-electron chi connectivity index (χ3n) is 9.02. The Bertz CT molecular complexity index is 1770. The average Bonchev–Trinajstić information content (AvgIpc) is 3.21. The monoisotopic (exact) mass is 626 g/mol. The Morgan fingerprint density at radius 3 is 2.58 bits per heavy atom. The summed E-state index contributed by atoms with van der Waals surface area (Å²) in [7, 11) is 3.43. The van der Waals surface area contributed by atoms with Crippen molar-refractivity contribution in [2.75, 3.05) is 39.1 Å². The van der Waals surface area contributed by atoms with Gasteiger partial charge >= 0.3 is 0 Å². The van der Waals surface area contributed by atoms with Crippen molar-refractivity contribution < 1.29 is 13.9 Å². The molecule has 0 aliphatic carbocycles. The molecule has 5 heterocycles. The highest BCUT2D eigenvalue weighted by Crippen LogP contribution is 2.36. The van der Waals surface area contributed by atoms with Gasteiger partial charge in [0, 0.05) is 58.8 Å². The van der Waals surface area contributed by atoms with Crippen LogP contribution in [0.1, 0.15) is 47.3 Å². The minimum atomic E-state index is -0.440. The number of carbonyl (C=O) groups is 1. The van der Waals surface area contributed by atoms with Gasteiger partial charge in [-0.1, -0.05) is 31.2 Å². The maximum Gasteiger partial charge on any atom is 0.253 e. The number of aliphatic imine (C=N–C) groups is 1. The number of aromatic nitrogens is 2. The maximum absolute atomic E-state index is 15.2. The highest BCUT2D eigenvalue weighted by Gasteiger charge is 2.38. The molecule has 4 aliphatic heterocycles. The summed E-state index contributed by atoms with van der Waals surface area (Å²) < 4.78 is 20.7. The lowest BCUT2D eigenvalue weighted by molar-refractivity contribution is 0.0162. The molecule has 45 heavy (non-hydrogen) atoms. The van der Waals surface area contributed by atoms with Crippen molar-refractivity contribution in [1.82, 2.24) is 19.8 Å². The highest BCUT2D eigenvalue weighted by molar-refractivity contribution is 6.31. The van der Waals surface area contributed by atoms with Gasteiger partial charge in [0.15, 0.2) is 0 Å². The smallest absolute Gasteiger partial charge is 0.253 e. The van der Waals surface area contributed by atoms with Gasteiger partial charge in [0.05, 0.1) is 30.6 Å². The number of amides is 1. The number of benzene rings is 3. The predicted molar refractivity (Wildman–Crippen MR) is 176 cm³/mol. The van der Waals surface area contributed by atoms with E-state index < -0.39 is 5.82 Å². The molecule has 8 rings (SSSR count). The lowest BCUT2D eigenvalue weighted by atomic mass is 9.83. The third kappa shape index (κ3) is 5.78. The molecule has 1 atom stereocenters. The summed E-state index contributed by atoms with van der Waals surface area (Å²) in [6.07, 6.45) is 4.05. The van der Waals surface area contributed by atoms with Gasteiger partial charge in [-0.05, 0) is 80.4 Å². The summed E-state index contributed by atoms with van der Waals surface area (Å²) in [5.74, 6) is 0.946. The van der Waals surface area contributed by atoms with Crippen LogP contribution >= 0.6 is 11.6 Å². The molecule has 0 saturated carbocycles. The Balaban J connectivity index is 0.00000357. The number of likely N-dealkylation sites (N-methyl/N-ethyl adjacent to an activating group) is 1. The number of hydrogen-bond donors (Lipinski definition) is 1. The molecule has 10 heteroatoms. The minimum Gasteiger partial charge on any atom is -0.496 e. The number of nitrogens with zero attached hydrogens (tertiary/aromatic N) is 5. The summed E-state index contributed by atoms with van der Waals surface area (Å²) in [5.41, 5.74) is 4.99. The summed E-state index contributed by atoms with van der Waals surface area (Å²) in [6.45, 7) is 3.49. The fraction of sp³-hybridized carbons (Fsp3) is 0.314. The van der Waals surface area contributed by atoms with Crippen LogP contribution in [0.5, 0.6) is 5.75 Å². The van der Waals surface area contributed by atoms with E-state index in [9.17, 15) is 4.79 Å². The number of methoxy groups -OCH3 is 1.